The van der Waals surface area contributed by atoms with E-state index in [1.54, 1.807) is 18.2 Å². The molecule has 1 amide bonds. The summed E-state index contributed by atoms with van der Waals surface area (Å²) in [7, 11) is -2.51. The zero-order chi connectivity index (χ0) is 41.8. The lowest BCUT2D eigenvalue weighted by Crippen LogP contribution is -2.35. The topological polar surface area (TPSA) is 145 Å². The second-order valence-electron chi connectivity index (χ2n) is 14.9. The van der Waals surface area contributed by atoms with Crippen molar-refractivity contribution < 1.29 is 44.3 Å². The number of amides is 1. The van der Waals surface area contributed by atoms with Crippen molar-refractivity contribution in [3.05, 3.63) is 88.0 Å². The van der Waals surface area contributed by atoms with E-state index in [1.807, 2.05) is 20.8 Å². The van der Waals surface area contributed by atoms with E-state index >= 15 is 8.78 Å². The summed E-state index contributed by atoms with van der Waals surface area (Å²) in [6, 6.07) is 7.68. The molecule has 302 valence electrons. The van der Waals surface area contributed by atoms with Gasteiger partial charge in [-0.05, 0) is 81.0 Å². The average Bonchev–Trinajstić information content (AvgIpc) is 3.74. The van der Waals surface area contributed by atoms with Gasteiger partial charge in [0.25, 0.3) is 12.3 Å². The lowest BCUT2D eigenvalue weighted by Gasteiger charge is -2.23. The third-order valence-electron chi connectivity index (χ3n) is 9.42. The minimum atomic E-state index is -3.85. The van der Waals surface area contributed by atoms with Crippen molar-refractivity contribution in [3.8, 4) is 28.8 Å². The van der Waals surface area contributed by atoms with Crippen molar-refractivity contribution in [2.45, 2.75) is 71.9 Å². The lowest BCUT2D eigenvalue weighted by molar-refractivity contribution is -0.123. The van der Waals surface area contributed by atoms with Crippen LogP contribution < -0.4 is 14.8 Å². The largest absolute Gasteiger partial charge is 0.482 e. The molecule has 3 atom stereocenters. The predicted molar refractivity (Wildman–Crippen MR) is 197 cm³/mol. The maximum Gasteiger partial charge on any atom is 0.292 e. The van der Waals surface area contributed by atoms with Gasteiger partial charge in [0.2, 0.25) is 27.8 Å². The summed E-state index contributed by atoms with van der Waals surface area (Å²) in [6.45, 7) is 7.31. The number of alkyl halides is 4. The van der Waals surface area contributed by atoms with Crippen LogP contribution in [0.5, 0.6) is 5.88 Å². The first-order valence-electron chi connectivity index (χ1n) is 17.5. The molecule has 4 aromatic heterocycles. The zero-order valence-corrected chi connectivity index (χ0v) is 32.6. The molecule has 12 nitrogen and oxygen atoms in total. The number of anilines is 1. The number of pyridine rings is 2. The fraction of sp³-hybridized carbons (Fsp3) is 0.395. The third kappa shape index (κ3) is 8.41. The molecule has 0 fully saturated rings. The maximum absolute atomic E-state index is 15.6. The standard InChI is InChI=1S/C38H38F6N8O4S/c1-19-20(2)38(43,44)33-30(19)32(34(41)42)49-51(33)18-28(53)46-27(16-21-14-22(39)17-23(40)15-21)31-25(9-8-24(45-31)12-13-37(3,4)5)26-10-11-29(56-6)52-35(26)47-48-36(52)50-57(7,54)55/h8-11,14-15,17,19-20,27,34H,16,18H2,1-7H3,(H,46,53)(H,48,50)/t19-,20+,27-/m0/s1. The summed E-state index contributed by atoms with van der Waals surface area (Å²) in [5.74, 6) is -2.78. The number of fused-ring (bicyclic) bond motifs is 2. The van der Waals surface area contributed by atoms with Crippen molar-refractivity contribution in [1.82, 2.24) is 34.7 Å². The number of methoxy groups -OCH3 is 1. The summed E-state index contributed by atoms with van der Waals surface area (Å²) in [4.78, 5) is 18.8. The third-order valence-corrected chi connectivity index (χ3v) is 9.97. The molecule has 4 heterocycles. The highest BCUT2D eigenvalue weighted by atomic mass is 32.2. The molecule has 0 aliphatic heterocycles. The minimum Gasteiger partial charge on any atom is -0.482 e. The molecule has 0 radical (unpaired) electrons. The summed E-state index contributed by atoms with van der Waals surface area (Å²) in [5.41, 5.74) is -1.49. The van der Waals surface area contributed by atoms with E-state index in [4.69, 9.17) is 9.72 Å². The Hall–Kier alpha value is -5.64. The van der Waals surface area contributed by atoms with Gasteiger partial charge >= 0.3 is 0 Å². The van der Waals surface area contributed by atoms with Gasteiger partial charge < -0.3 is 10.1 Å². The van der Waals surface area contributed by atoms with Gasteiger partial charge in [0.05, 0.1) is 25.1 Å². The summed E-state index contributed by atoms with van der Waals surface area (Å²) >= 11 is 0. The van der Waals surface area contributed by atoms with Crippen LogP contribution >= 0.6 is 0 Å². The van der Waals surface area contributed by atoms with Crippen LogP contribution in [0.25, 0.3) is 16.8 Å². The molecule has 0 saturated carbocycles. The van der Waals surface area contributed by atoms with Crippen LogP contribution in [-0.2, 0) is 33.7 Å². The Morgan fingerprint density at radius 3 is 2.30 bits per heavy atom. The smallest absolute Gasteiger partial charge is 0.292 e. The molecule has 1 aromatic carbocycles. The van der Waals surface area contributed by atoms with Crippen LogP contribution in [-0.4, -0.2) is 57.1 Å². The summed E-state index contributed by atoms with van der Waals surface area (Å²) < 4.78 is 123. The highest BCUT2D eigenvalue weighted by molar-refractivity contribution is 7.92. The van der Waals surface area contributed by atoms with Crippen molar-refractivity contribution in [2.75, 3.05) is 18.1 Å². The molecule has 5 aromatic rings. The van der Waals surface area contributed by atoms with Gasteiger partial charge in [0.1, 0.15) is 35.3 Å². The number of nitrogens with one attached hydrogen (secondary N) is 2. The first-order valence-corrected chi connectivity index (χ1v) is 19.4. The van der Waals surface area contributed by atoms with E-state index in [2.05, 4.69) is 37.2 Å². The Bertz CT molecular complexity index is 2540. The molecular weight excluding hydrogens is 779 g/mol. The molecule has 19 heteroatoms. The second kappa shape index (κ2) is 15.0. The molecule has 2 N–H and O–H groups in total. The van der Waals surface area contributed by atoms with Gasteiger partial charge in [0, 0.05) is 34.1 Å². The van der Waals surface area contributed by atoms with Gasteiger partial charge in [-0.3, -0.25) is 14.2 Å². The second-order valence-corrected chi connectivity index (χ2v) is 16.6. The van der Waals surface area contributed by atoms with E-state index in [1.165, 1.54) is 31.4 Å². The summed E-state index contributed by atoms with van der Waals surface area (Å²) in [5, 5.41) is 14.7. The van der Waals surface area contributed by atoms with Crippen molar-refractivity contribution in [1.29, 1.82) is 0 Å². The SMILES string of the molecule is COc1ccc(-c2ccc(C#CC(C)(C)C)nc2[C@H](Cc2cc(F)cc(F)c2)NC(=O)Cn2nc(C(F)F)c3c2C(F)(F)[C@H](C)[C@@H]3C)c2nnc(NS(C)(=O)=O)n12. The van der Waals surface area contributed by atoms with E-state index in [0.29, 0.717) is 10.7 Å². The van der Waals surface area contributed by atoms with Gasteiger partial charge in [0.15, 0.2) is 5.65 Å². The highest BCUT2D eigenvalue weighted by Crippen LogP contribution is 2.54. The lowest BCUT2D eigenvalue weighted by atomic mass is 9.94. The van der Waals surface area contributed by atoms with Crippen molar-refractivity contribution in [3.63, 3.8) is 0 Å². The number of halogens is 6. The van der Waals surface area contributed by atoms with E-state index in [0.717, 1.165) is 18.4 Å². The molecular formula is C38H38F6N8O4S. The zero-order valence-electron chi connectivity index (χ0n) is 31.8. The quantitative estimate of drug-likeness (QED) is 0.108. The van der Waals surface area contributed by atoms with E-state index in [9.17, 15) is 30.8 Å². The van der Waals surface area contributed by atoms with Crippen molar-refractivity contribution >= 4 is 27.5 Å². The first kappa shape index (κ1) is 41.0. The number of benzene rings is 1. The number of carbonyl (C=O) groups excluding carboxylic acids is 1. The van der Waals surface area contributed by atoms with Gasteiger partial charge in [-0.15, -0.1) is 10.2 Å². The van der Waals surface area contributed by atoms with Crippen molar-refractivity contribution in [2.24, 2.45) is 11.3 Å². The predicted octanol–water partition coefficient (Wildman–Crippen LogP) is 6.93. The average molecular weight is 817 g/mol. The van der Waals surface area contributed by atoms with Crippen LogP contribution in [0.1, 0.15) is 86.9 Å². The Morgan fingerprint density at radius 1 is 1.02 bits per heavy atom. The Balaban J connectivity index is 1.53. The fourth-order valence-electron chi connectivity index (χ4n) is 6.77. The Labute approximate surface area is 324 Å². The van der Waals surface area contributed by atoms with Crippen LogP contribution in [0.4, 0.5) is 32.3 Å². The number of nitrogens with zero attached hydrogens (tertiary/aromatic N) is 6. The maximum atomic E-state index is 15.6. The molecule has 1 aliphatic carbocycles. The number of hydrogen-bond acceptors (Lipinski definition) is 8. The van der Waals surface area contributed by atoms with Crippen LogP contribution in [0.15, 0.2) is 42.5 Å². The summed E-state index contributed by atoms with van der Waals surface area (Å²) in [6.07, 6.45) is -2.60. The first-order chi connectivity index (χ1) is 26.6. The van der Waals surface area contributed by atoms with Crippen LogP contribution in [0.3, 0.4) is 0 Å². The number of hydrogen-bond donors (Lipinski definition) is 2. The molecule has 0 bridgehead atoms. The molecule has 57 heavy (non-hydrogen) atoms. The number of ether oxygens (including phenoxy) is 1. The van der Waals surface area contributed by atoms with Crippen LogP contribution in [0, 0.1) is 34.8 Å². The van der Waals surface area contributed by atoms with Crippen LogP contribution in [0.2, 0.25) is 0 Å². The molecule has 0 saturated heterocycles. The van der Waals surface area contributed by atoms with E-state index < -0.39 is 81.1 Å². The van der Waals surface area contributed by atoms with Gasteiger partial charge in [-0.2, -0.15) is 13.9 Å². The van der Waals surface area contributed by atoms with Gasteiger partial charge in [-0.1, -0.05) is 19.8 Å². The number of aromatic nitrogens is 6. The molecule has 0 unspecified atom stereocenters. The monoisotopic (exact) mass is 816 g/mol. The number of sulfonamides is 1. The minimum absolute atomic E-state index is 0.0628. The number of carbonyl (C=O) groups is 1. The normalized spacial score (nSPS) is 16.9. The Morgan fingerprint density at radius 2 is 1.68 bits per heavy atom. The highest BCUT2D eigenvalue weighted by Gasteiger charge is 2.55. The van der Waals surface area contributed by atoms with Gasteiger partial charge in [-0.25, -0.2) is 35.4 Å². The Kier molecular flexibility index (Phi) is 10.8. The number of rotatable bonds is 11. The van der Waals surface area contributed by atoms with E-state index in [-0.39, 0.29) is 57.5 Å². The molecule has 1 aliphatic rings. The molecule has 6 rings (SSSR count). The fourth-order valence-corrected chi connectivity index (χ4v) is 7.23. The molecule has 0 spiro atoms.